The van der Waals surface area contributed by atoms with Gasteiger partial charge in [0.15, 0.2) is 0 Å². The largest absolute Gasteiger partial charge is 0.270 e. The van der Waals surface area contributed by atoms with Crippen molar-refractivity contribution in [2.24, 2.45) is 0 Å². The maximum absolute atomic E-state index is 5.36. The molecule has 0 radical (unpaired) electrons. The summed E-state index contributed by atoms with van der Waals surface area (Å²) in [5.74, 6) is 0. The summed E-state index contributed by atoms with van der Waals surface area (Å²) in [5, 5.41) is 1.87. The van der Waals surface area contributed by atoms with Gasteiger partial charge in [-0.3, -0.25) is 10.3 Å². The lowest BCUT2D eigenvalue weighted by molar-refractivity contribution is 0.0557. The van der Waals surface area contributed by atoms with Crippen molar-refractivity contribution >= 4 is 27.7 Å². The predicted molar refractivity (Wildman–Crippen MR) is 87.2 cm³/mol. The normalized spacial score (nSPS) is 9.65. The first-order valence-electron chi connectivity index (χ1n) is 6.09. The minimum Gasteiger partial charge on any atom is -0.270 e. The minimum absolute atomic E-state index is 0.503. The van der Waals surface area contributed by atoms with Gasteiger partial charge in [0.2, 0.25) is 0 Å². The molecule has 0 spiro atoms. The summed E-state index contributed by atoms with van der Waals surface area (Å²) >= 11 is 4.95. The second-order valence-electron chi connectivity index (χ2n) is 3.88. The molecule has 0 saturated carbocycles. The van der Waals surface area contributed by atoms with E-state index < -0.39 is 0 Å². The average molecular weight is 348 g/mol. The number of hydrogen-bond acceptors (Lipinski definition) is 3. The van der Waals surface area contributed by atoms with Crippen molar-refractivity contribution < 1.29 is 4.84 Å². The van der Waals surface area contributed by atoms with Gasteiger partial charge < -0.3 is 0 Å². The monoisotopic (exact) mass is 347 g/mol. The van der Waals surface area contributed by atoms with Crippen LogP contribution in [-0.2, 0) is 11.4 Å². The molecule has 0 aliphatic rings. The Morgan fingerprint density at radius 1 is 1.10 bits per heavy atom. The molecule has 2 nitrogen and oxygen atoms in total. The van der Waals surface area contributed by atoms with Crippen LogP contribution in [0.15, 0.2) is 81.3 Å². The third-order valence-corrected chi connectivity index (χ3v) is 3.54. The molecule has 0 bridgehead atoms. The zero-order valence-electron chi connectivity index (χ0n) is 10.8. The predicted octanol–water partition coefficient (Wildman–Crippen LogP) is 4.85. The summed E-state index contributed by atoms with van der Waals surface area (Å²) in [6.07, 6.45) is 0. The van der Waals surface area contributed by atoms with Crippen LogP contribution >= 0.6 is 27.7 Å². The average Bonchev–Trinajstić information content (AvgIpc) is 2.49. The molecule has 2 rings (SSSR count). The Labute approximate surface area is 131 Å². The third-order valence-electron chi connectivity index (χ3n) is 2.37. The van der Waals surface area contributed by atoms with Crippen LogP contribution in [0.4, 0.5) is 0 Å². The van der Waals surface area contributed by atoms with E-state index in [1.165, 1.54) is 4.90 Å². The number of benzene rings is 2. The zero-order valence-corrected chi connectivity index (χ0v) is 13.2. The van der Waals surface area contributed by atoms with E-state index in [9.17, 15) is 0 Å². The molecular weight excluding hydrogens is 334 g/mol. The molecule has 102 valence electrons. The first kappa shape index (κ1) is 14.9. The van der Waals surface area contributed by atoms with Gasteiger partial charge in [-0.25, -0.2) is 0 Å². The fraction of sp³-hybridized carbons (Fsp3) is 0.0625. The molecule has 0 amide bonds. The van der Waals surface area contributed by atoms with Crippen molar-refractivity contribution in [2.45, 2.75) is 11.5 Å². The Morgan fingerprint density at radius 2 is 1.75 bits per heavy atom. The van der Waals surface area contributed by atoms with E-state index in [0.717, 1.165) is 5.56 Å². The van der Waals surface area contributed by atoms with Crippen LogP contribution in [0.3, 0.4) is 0 Å². The first-order chi connectivity index (χ1) is 9.84. The minimum atomic E-state index is 0.503. The van der Waals surface area contributed by atoms with E-state index in [2.05, 4.69) is 39.3 Å². The molecule has 0 fully saturated rings. The lowest BCUT2D eigenvalue weighted by Crippen LogP contribution is -2.09. The summed E-state index contributed by atoms with van der Waals surface area (Å²) in [7, 11) is 0. The summed E-state index contributed by atoms with van der Waals surface area (Å²) in [5.41, 5.74) is 6.96. The van der Waals surface area contributed by atoms with E-state index in [1.807, 2.05) is 53.9 Å². The standard InChI is InChI=1S/C16H14BrNOS/c17-16(11-12-20-15-9-5-2-6-10-15)18-19-13-14-7-3-1-4-8-14/h1-10,12,18H,13H2. The van der Waals surface area contributed by atoms with Crippen LogP contribution in [-0.4, -0.2) is 0 Å². The highest BCUT2D eigenvalue weighted by Crippen LogP contribution is 2.17. The number of nitrogens with one attached hydrogen (secondary N) is 1. The summed E-state index contributed by atoms with van der Waals surface area (Å²) < 4.78 is 0.664. The van der Waals surface area contributed by atoms with Crippen molar-refractivity contribution in [2.75, 3.05) is 0 Å². The summed E-state index contributed by atoms with van der Waals surface area (Å²) in [6.45, 7) is 0.503. The van der Waals surface area contributed by atoms with Crippen LogP contribution < -0.4 is 5.48 Å². The van der Waals surface area contributed by atoms with Crippen molar-refractivity contribution in [3.8, 4) is 0 Å². The molecule has 20 heavy (non-hydrogen) atoms. The van der Waals surface area contributed by atoms with Crippen LogP contribution in [0.1, 0.15) is 5.56 Å². The fourth-order valence-corrected chi connectivity index (χ4v) is 2.44. The van der Waals surface area contributed by atoms with Gasteiger partial charge in [0, 0.05) is 10.3 Å². The van der Waals surface area contributed by atoms with Crippen LogP contribution in [0.2, 0.25) is 0 Å². The van der Waals surface area contributed by atoms with Crippen molar-refractivity contribution in [1.29, 1.82) is 0 Å². The van der Waals surface area contributed by atoms with Gasteiger partial charge in [-0.15, -0.1) is 0 Å². The number of hydrogen-bond donors (Lipinski definition) is 1. The topological polar surface area (TPSA) is 21.3 Å². The van der Waals surface area contributed by atoms with Crippen LogP contribution in [0.25, 0.3) is 0 Å². The molecule has 2 aromatic rings. The lowest BCUT2D eigenvalue weighted by Gasteiger charge is -2.04. The van der Waals surface area contributed by atoms with E-state index in [0.29, 0.717) is 11.2 Å². The van der Waals surface area contributed by atoms with Crippen LogP contribution in [0.5, 0.6) is 0 Å². The Kier molecular flexibility index (Phi) is 6.48. The van der Waals surface area contributed by atoms with Gasteiger partial charge in [0.25, 0.3) is 0 Å². The fourth-order valence-electron chi connectivity index (χ4n) is 1.43. The molecule has 0 unspecified atom stereocenters. The maximum atomic E-state index is 5.36. The van der Waals surface area contributed by atoms with E-state index >= 15 is 0 Å². The van der Waals surface area contributed by atoms with Crippen molar-refractivity contribution in [3.05, 3.63) is 82.0 Å². The van der Waals surface area contributed by atoms with Gasteiger partial charge in [0.1, 0.15) is 4.61 Å². The molecule has 0 saturated heterocycles. The second-order valence-corrected chi connectivity index (χ2v) is 5.62. The Hall–Kier alpha value is -1.45. The second kappa shape index (κ2) is 8.67. The van der Waals surface area contributed by atoms with Gasteiger partial charge in [0.05, 0.1) is 6.61 Å². The molecule has 4 heteroatoms. The Morgan fingerprint density at radius 3 is 2.45 bits per heavy atom. The molecule has 2 aromatic carbocycles. The number of hydroxylamine groups is 1. The SMILES string of the molecule is BrC(=C=CSc1ccccc1)NOCc1ccccc1. The highest BCUT2D eigenvalue weighted by atomic mass is 79.9. The number of halogens is 1. The molecule has 0 aromatic heterocycles. The Balaban J connectivity index is 1.76. The highest BCUT2D eigenvalue weighted by molar-refractivity contribution is 9.11. The van der Waals surface area contributed by atoms with Crippen molar-refractivity contribution in [1.82, 2.24) is 5.48 Å². The van der Waals surface area contributed by atoms with Gasteiger partial charge in [-0.05, 0) is 33.6 Å². The van der Waals surface area contributed by atoms with Crippen LogP contribution in [0, 0.1) is 0 Å². The van der Waals surface area contributed by atoms with Gasteiger partial charge in [-0.2, -0.15) is 0 Å². The van der Waals surface area contributed by atoms with E-state index in [4.69, 9.17) is 4.84 Å². The first-order valence-corrected chi connectivity index (χ1v) is 7.76. The molecule has 0 atom stereocenters. The summed E-state index contributed by atoms with van der Waals surface area (Å²) in [6, 6.07) is 20.1. The van der Waals surface area contributed by atoms with Gasteiger partial charge in [-0.1, -0.05) is 66.0 Å². The lowest BCUT2D eigenvalue weighted by atomic mass is 10.2. The molecule has 0 aliphatic heterocycles. The Bertz CT molecular complexity index is 580. The zero-order chi connectivity index (χ0) is 14.0. The van der Waals surface area contributed by atoms with Crippen molar-refractivity contribution in [3.63, 3.8) is 0 Å². The molecule has 0 heterocycles. The number of rotatable bonds is 6. The molecule has 0 aliphatic carbocycles. The highest BCUT2D eigenvalue weighted by Gasteiger charge is 1.92. The number of thioether (sulfide) groups is 1. The van der Waals surface area contributed by atoms with E-state index in [1.54, 1.807) is 11.8 Å². The third kappa shape index (κ3) is 5.68. The quantitative estimate of drug-likeness (QED) is 0.349. The summed E-state index contributed by atoms with van der Waals surface area (Å²) in [4.78, 5) is 6.53. The maximum Gasteiger partial charge on any atom is 0.146 e. The van der Waals surface area contributed by atoms with E-state index in [-0.39, 0.29) is 0 Å². The molecule has 1 N–H and O–H groups in total. The van der Waals surface area contributed by atoms with Gasteiger partial charge >= 0.3 is 0 Å². The smallest absolute Gasteiger partial charge is 0.146 e. The molecular formula is C16H14BrNOS.